The summed E-state index contributed by atoms with van der Waals surface area (Å²) < 4.78 is 0. The molecular weight excluding hydrogens is 336 g/mol. The van der Waals surface area contributed by atoms with Gasteiger partial charge in [0.15, 0.2) is 0 Å². The zero-order valence-corrected chi connectivity index (χ0v) is 18.2. The molecule has 0 aliphatic carbocycles. The lowest BCUT2D eigenvalue weighted by Gasteiger charge is -2.24. The Morgan fingerprint density at radius 1 is 0.852 bits per heavy atom. The predicted molar refractivity (Wildman–Crippen MR) is 115 cm³/mol. The molecule has 0 unspecified atom stereocenters. The summed E-state index contributed by atoms with van der Waals surface area (Å²) in [5, 5.41) is 31.4. The van der Waals surface area contributed by atoms with Gasteiger partial charge in [0.25, 0.3) is 0 Å². The summed E-state index contributed by atoms with van der Waals surface area (Å²) in [7, 11) is 0. The van der Waals surface area contributed by atoms with E-state index in [1.54, 1.807) is 0 Å². The summed E-state index contributed by atoms with van der Waals surface area (Å²) in [5.41, 5.74) is 4.78. The van der Waals surface area contributed by atoms with Crippen molar-refractivity contribution in [3.63, 3.8) is 0 Å². The molecule has 0 spiro atoms. The second-order valence-corrected chi connectivity index (χ2v) is 8.46. The standard InChI is InChI=1S/C24H38O3/c1-16(2)10-8-11-17(3)12-9-14-24(7,27)15-13-21-20(6)22(25)18(4)19(5)23(21)26/h10,12,25-27H,8-9,11,13-15H2,1-7H3/b17-12+/t24-/m0/s1. The fourth-order valence-corrected chi connectivity index (χ4v) is 3.33. The van der Waals surface area contributed by atoms with Gasteiger partial charge in [0, 0.05) is 5.56 Å². The number of phenolic OH excluding ortho intramolecular Hbond substituents is 2. The molecule has 0 aliphatic rings. The molecule has 0 radical (unpaired) electrons. The Balaban J connectivity index is 2.66. The van der Waals surface area contributed by atoms with E-state index in [4.69, 9.17) is 0 Å². The molecule has 3 nitrogen and oxygen atoms in total. The van der Waals surface area contributed by atoms with Crippen LogP contribution in [0.15, 0.2) is 23.3 Å². The van der Waals surface area contributed by atoms with E-state index in [9.17, 15) is 15.3 Å². The molecule has 1 rings (SSSR count). The molecule has 0 amide bonds. The van der Waals surface area contributed by atoms with E-state index in [0.717, 1.165) is 24.8 Å². The first-order valence-corrected chi connectivity index (χ1v) is 9.98. The highest BCUT2D eigenvalue weighted by molar-refractivity contribution is 5.56. The number of hydrogen-bond acceptors (Lipinski definition) is 3. The summed E-state index contributed by atoms with van der Waals surface area (Å²) in [5.74, 6) is 0.489. The predicted octanol–water partition coefficient (Wildman–Crippen LogP) is 6.18. The zero-order valence-electron chi connectivity index (χ0n) is 18.2. The van der Waals surface area contributed by atoms with Crippen molar-refractivity contribution < 1.29 is 15.3 Å². The zero-order chi connectivity index (χ0) is 20.8. The van der Waals surface area contributed by atoms with E-state index >= 15 is 0 Å². The van der Waals surface area contributed by atoms with Crippen LogP contribution in [0.5, 0.6) is 11.5 Å². The summed E-state index contributed by atoms with van der Waals surface area (Å²) in [6, 6.07) is 0. The van der Waals surface area contributed by atoms with E-state index in [0.29, 0.717) is 36.0 Å². The smallest absolute Gasteiger partial charge is 0.122 e. The minimum absolute atomic E-state index is 0.244. The molecule has 1 aromatic rings. The summed E-state index contributed by atoms with van der Waals surface area (Å²) in [6.45, 7) is 13.7. The van der Waals surface area contributed by atoms with E-state index < -0.39 is 5.60 Å². The molecule has 0 fully saturated rings. The highest BCUT2D eigenvalue weighted by Gasteiger charge is 2.22. The van der Waals surface area contributed by atoms with Crippen LogP contribution in [0.1, 0.15) is 82.1 Å². The summed E-state index contributed by atoms with van der Waals surface area (Å²) in [4.78, 5) is 0. The molecule has 0 bridgehead atoms. The van der Waals surface area contributed by atoms with Gasteiger partial charge in [0.2, 0.25) is 0 Å². The van der Waals surface area contributed by atoms with Crippen molar-refractivity contribution in [2.45, 2.75) is 92.6 Å². The Bertz CT molecular complexity index is 676. The van der Waals surface area contributed by atoms with Gasteiger partial charge in [0.1, 0.15) is 11.5 Å². The van der Waals surface area contributed by atoms with Gasteiger partial charge in [-0.3, -0.25) is 0 Å². The van der Waals surface area contributed by atoms with Gasteiger partial charge in [-0.25, -0.2) is 0 Å². The van der Waals surface area contributed by atoms with Crippen molar-refractivity contribution in [3.05, 3.63) is 45.6 Å². The van der Waals surface area contributed by atoms with Gasteiger partial charge >= 0.3 is 0 Å². The average molecular weight is 375 g/mol. The van der Waals surface area contributed by atoms with Gasteiger partial charge in [0.05, 0.1) is 5.60 Å². The molecule has 1 aromatic carbocycles. The average Bonchev–Trinajstić information content (AvgIpc) is 2.57. The van der Waals surface area contributed by atoms with Gasteiger partial charge in [-0.15, -0.1) is 0 Å². The third-order valence-electron chi connectivity index (χ3n) is 5.55. The number of allylic oxidation sites excluding steroid dienone is 4. The van der Waals surface area contributed by atoms with Crippen LogP contribution in [0.25, 0.3) is 0 Å². The molecule has 3 heteroatoms. The maximum Gasteiger partial charge on any atom is 0.122 e. The quantitative estimate of drug-likeness (QED) is 0.357. The van der Waals surface area contributed by atoms with Crippen LogP contribution in [0.4, 0.5) is 0 Å². The maximum absolute atomic E-state index is 10.7. The number of aromatic hydroxyl groups is 2. The topological polar surface area (TPSA) is 60.7 Å². The Morgan fingerprint density at radius 3 is 2.04 bits per heavy atom. The summed E-state index contributed by atoms with van der Waals surface area (Å²) >= 11 is 0. The molecule has 0 saturated carbocycles. The molecule has 0 saturated heterocycles. The molecule has 3 N–H and O–H groups in total. The van der Waals surface area contributed by atoms with Crippen molar-refractivity contribution in [1.29, 1.82) is 0 Å². The van der Waals surface area contributed by atoms with Crippen LogP contribution in [-0.2, 0) is 6.42 Å². The largest absolute Gasteiger partial charge is 0.507 e. The molecule has 0 aromatic heterocycles. The van der Waals surface area contributed by atoms with Crippen molar-refractivity contribution in [2.75, 3.05) is 0 Å². The minimum Gasteiger partial charge on any atom is -0.507 e. The van der Waals surface area contributed by atoms with Crippen LogP contribution in [0.2, 0.25) is 0 Å². The van der Waals surface area contributed by atoms with Gasteiger partial charge in [-0.2, -0.15) is 0 Å². The third kappa shape index (κ3) is 7.06. The first-order chi connectivity index (χ1) is 12.5. The van der Waals surface area contributed by atoms with Crippen LogP contribution in [0, 0.1) is 20.8 Å². The Morgan fingerprint density at radius 2 is 1.44 bits per heavy atom. The van der Waals surface area contributed by atoms with Crippen molar-refractivity contribution in [2.24, 2.45) is 0 Å². The lowest BCUT2D eigenvalue weighted by Crippen LogP contribution is -2.24. The van der Waals surface area contributed by atoms with Crippen molar-refractivity contribution in [1.82, 2.24) is 0 Å². The highest BCUT2D eigenvalue weighted by Crippen LogP contribution is 2.37. The molecule has 0 heterocycles. The van der Waals surface area contributed by atoms with Crippen LogP contribution >= 0.6 is 0 Å². The van der Waals surface area contributed by atoms with Crippen molar-refractivity contribution in [3.8, 4) is 11.5 Å². The number of benzene rings is 1. The van der Waals surface area contributed by atoms with E-state index in [1.165, 1.54) is 11.1 Å². The molecular formula is C24H38O3. The third-order valence-corrected chi connectivity index (χ3v) is 5.55. The molecule has 1 atom stereocenters. The van der Waals surface area contributed by atoms with Crippen LogP contribution in [-0.4, -0.2) is 20.9 Å². The van der Waals surface area contributed by atoms with Gasteiger partial charge in [-0.05, 0) is 104 Å². The fourth-order valence-electron chi connectivity index (χ4n) is 3.33. The maximum atomic E-state index is 10.7. The fraction of sp³-hybridized carbons (Fsp3) is 0.583. The lowest BCUT2D eigenvalue weighted by molar-refractivity contribution is 0.0431. The first kappa shape index (κ1) is 23.3. The minimum atomic E-state index is -0.802. The Hall–Kier alpha value is -1.74. The second kappa shape index (κ2) is 9.98. The molecule has 152 valence electrons. The highest BCUT2D eigenvalue weighted by atomic mass is 16.3. The normalized spacial score (nSPS) is 14.1. The number of hydrogen-bond donors (Lipinski definition) is 3. The van der Waals surface area contributed by atoms with E-state index in [2.05, 4.69) is 32.9 Å². The van der Waals surface area contributed by atoms with Gasteiger partial charge < -0.3 is 15.3 Å². The Labute approximate surface area is 165 Å². The SMILES string of the molecule is CC(C)=CCC/C(C)=C/CC[C@](C)(O)CCc1c(C)c(O)c(C)c(C)c1O. The van der Waals surface area contributed by atoms with E-state index in [1.807, 2.05) is 27.7 Å². The number of rotatable bonds is 9. The van der Waals surface area contributed by atoms with Gasteiger partial charge in [-0.1, -0.05) is 23.3 Å². The van der Waals surface area contributed by atoms with E-state index in [-0.39, 0.29) is 11.5 Å². The van der Waals surface area contributed by atoms with Crippen molar-refractivity contribution >= 4 is 0 Å². The van der Waals surface area contributed by atoms with Crippen LogP contribution < -0.4 is 0 Å². The first-order valence-electron chi connectivity index (χ1n) is 9.98. The Kier molecular flexibility index (Phi) is 8.61. The molecule has 27 heavy (non-hydrogen) atoms. The number of phenols is 2. The summed E-state index contributed by atoms with van der Waals surface area (Å²) in [6.07, 6.45) is 9.22. The molecule has 0 aliphatic heterocycles. The van der Waals surface area contributed by atoms with Crippen LogP contribution in [0.3, 0.4) is 0 Å². The lowest BCUT2D eigenvalue weighted by atomic mass is 9.88. The number of aliphatic hydroxyl groups is 1. The second-order valence-electron chi connectivity index (χ2n) is 8.46. The monoisotopic (exact) mass is 374 g/mol.